The first kappa shape index (κ1) is 34.8. The van der Waals surface area contributed by atoms with Gasteiger partial charge in [-0.05, 0) is 60.5 Å². The summed E-state index contributed by atoms with van der Waals surface area (Å²) < 4.78 is 12.3. The van der Waals surface area contributed by atoms with E-state index in [0.717, 1.165) is 44.7 Å². The summed E-state index contributed by atoms with van der Waals surface area (Å²) in [5.74, 6) is 1.20. The van der Waals surface area contributed by atoms with Crippen LogP contribution in [0.4, 0.5) is 4.79 Å². The van der Waals surface area contributed by atoms with Crippen molar-refractivity contribution in [1.82, 2.24) is 20.9 Å². The maximum absolute atomic E-state index is 12.9. The minimum absolute atomic E-state index is 0.0923. The van der Waals surface area contributed by atoms with Crippen LogP contribution in [-0.2, 0) is 27.2 Å². The second-order valence-electron chi connectivity index (χ2n) is 13.6. The van der Waals surface area contributed by atoms with Crippen molar-refractivity contribution < 1.29 is 18.9 Å². The second kappa shape index (κ2) is 17.0. The molecule has 3 unspecified atom stereocenters. The topological polar surface area (TPSA) is 91.9 Å². The fraction of sp³-hybridized carbons (Fsp3) is 0.771. The van der Waals surface area contributed by atoms with Crippen LogP contribution in [0.25, 0.3) is 0 Å². The number of amides is 3. The fourth-order valence-corrected chi connectivity index (χ4v) is 7.70. The van der Waals surface area contributed by atoms with Gasteiger partial charge >= 0.3 is 13.1 Å². The molecule has 3 heterocycles. The van der Waals surface area contributed by atoms with E-state index in [9.17, 15) is 9.59 Å². The molecule has 0 radical (unpaired) electrons. The third kappa shape index (κ3) is 8.58. The molecule has 3 saturated carbocycles. The molecular formula is C35H59BN4O4. The zero-order chi connectivity index (χ0) is 31.5. The molecule has 5 atom stereocenters. The summed E-state index contributed by atoms with van der Waals surface area (Å²) in [7, 11) is -0.375. The van der Waals surface area contributed by atoms with Crippen LogP contribution >= 0.6 is 0 Å². The van der Waals surface area contributed by atoms with Gasteiger partial charge in [-0.2, -0.15) is 0 Å². The molecule has 3 N–H and O–H groups in total. The molecule has 7 rings (SSSR count). The van der Waals surface area contributed by atoms with Crippen molar-refractivity contribution in [2.75, 3.05) is 19.5 Å². The molecule has 0 aromatic heterocycles. The zero-order valence-corrected chi connectivity index (χ0v) is 28.2. The molecule has 246 valence electrons. The predicted molar refractivity (Wildman–Crippen MR) is 178 cm³/mol. The molecule has 44 heavy (non-hydrogen) atoms. The normalized spacial score (nSPS) is 27.2. The average Bonchev–Trinajstić information content (AvgIpc) is 3.81. The second-order valence-corrected chi connectivity index (χ2v) is 13.6. The van der Waals surface area contributed by atoms with E-state index in [1.54, 1.807) is 4.90 Å². The van der Waals surface area contributed by atoms with E-state index in [-0.39, 0.29) is 31.3 Å². The number of nitrogens with zero attached hydrogens (tertiary/aromatic N) is 1. The van der Waals surface area contributed by atoms with Crippen LogP contribution in [0.1, 0.15) is 116 Å². The van der Waals surface area contributed by atoms with Crippen LogP contribution in [0.5, 0.6) is 0 Å². The Hall–Kier alpha value is -2.10. The van der Waals surface area contributed by atoms with Crippen molar-refractivity contribution in [1.29, 1.82) is 0 Å². The van der Waals surface area contributed by atoms with Crippen molar-refractivity contribution in [3.63, 3.8) is 0 Å². The van der Waals surface area contributed by atoms with Gasteiger partial charge in [-0.25, -0.2) is 4.79 Å². The van der Waals surface area contributed by atoms with E-state index in [1.807, 2.05) is 13.8 Å². The number of benzene rings is 1. The molecule has 1 aromatic carbocycles. The number of hydrogen-bond donors (Lipinski definition) is 3. The highest BCUT2D eigenvalue weighted by atomic mass is 16.7. The van der Waals surface area contributed by atoms with E-state index in [4.69, 9.17) is 9.31 Å². The van der Waals surface area contributed by atoms with E-state index in [0.29, 0.717) is 37.3 Å². The van der Waals surface area contributed by atoms with Gasteiger partial charge in [-0.1, -0.05) is 97.4 Å². The van der Waals surface area contributed by atoms with Gasteiger partial charge in [0.1, 0.15) is 6.04 Å². The maximum Gasteiger partial charge on any atom is 0.478 e. The van der Waals surface area contributed by atoms with E-state index in [1.165, 1.54) is 49.7 Å². The Morgan fingerprint density at radius 2 is 1.66 bits per heavy atom. The van der Waals surface area contributed by atoms with Crippen LogP contribution in [0, 0.1) is 17.3 Å². The van der Waals surface area contributed by atoms with Gasteiger partial charge in [-0.15, -0.1) is 0 Å². The SMILES string of the molecule is CC.CCCCCCCCCNC(=O)N1CCC[C@H]1C(=O)NCB1OC2CC3C[C@@H](C2O1)C3(C)C.c1ccc2c(c1)CNC2. The first-order valence-electron chi connectivity index (χ1n) is 17.8. The van der Waals surface area contributed by atoms with Crippen LogP contribution < -0.4 is 16.0 Å². The number of carbonyl (C=O) groups is 2. The summed E-state index contributed by atoms with van der Waals surface area (Å²) in [6.07, 6.45) is 13.1. The maximum atomic E-state index is 12.9. The Morgan fingerprint density at radius 3 is 2.34 bits per heavy atom. The molecule has 3 aliphatic carbocycles. The van der Waals surface area contributed by atoms with Gasteiger partial charge in [0, 0.05) is 26.2 Å². The standard InChI is InChI=1S/C25H44BN3O4.C8H9N.C2H6/c1-4-5-6-7-8-9-10-13-27-24(31)29-14-11-12-20(29)23(30)28-17-26-32-21-16-18-15-19(22(21)33-26)25(18,2)3;1-2-4-8-6-9-5-7(8)3-1;1-2/h18-22H,4-17H2,1-3H3,(H,27,31)(H,28,30);1-4,9H,5-6H2;1-2H3/t18?,19-,20-,21?,22?;;/m0../s1. The Balaban J connectivity index is 0.000000337. The smallest absolute Gasteiger partial charge is 0.405 e. The Labute approximate surface area is 267 Å². The predicted octanol–water partition coefficient (Wildman–Crippen LogP) is 6.22. The molecule has 5 fully saturated rings. The van der Waals surface area contributed by atoms with Crippen molar-refractivity contribution in [2.45, 2.75) is 137 Å². The number of fused-ring (bicyclic) bond motifs is 1. The number of nitrogens with one attached hydrogen (secondary N) is 3. The minimum atomic E-state index is -0.394. The lowest BCUT2D eigenvalue weighted by atomic mass is 9.47. The molecule has 9 heteroatoms. The first-order chi connectivity index (χ1) is 21.4. The molecule has 1 aromatic rings. The van der Waals surface area contributed by atoms with Gasteiger partial charge in [0.25, 0.3) is 0 Å². The monoisotopic (exact) mass is 610 g/mol. The first-order valence-corrected chi connectivity index (χ1v) is 17.8. The molecule has 2 bridgehead atoms. The summed E-state index contributed by atoms with van der Waals surface area (Å²) in [5.41, 5.74) is 3.25. The molecule has 2 saturated heterocycles. The largest absolute Gasteiger partial charge is 0.478 e. The van der Waals surface area contributed by atoms with Crippen LogP contribution in [0.15, 0.2) is 24.3 Å². The number of urea groups is 1. The third-order valence-electron chi connectivity index (χ3n) is 10.5. The third-order valence-corrected chi connectivity index (χ3v) is 10.5. The molecular weight excluding hydrogens is 551 g/mol. The summed E-state index contributed by atoms with van der Waals surface area (Å²) in [5, 5.41) is 9.31. The Morgan fingerprint density at radius 1 is 0.977 bits per heavy atom. The highest BCUT2D eigenvalue weighted by Crippen LogP contribution is 2.61. The van der Waals surface area contributed by atoms with Crippen molar-refractivity contribution in [3.8, 4) is 0 Å². The summed E-state index contributed by atoms with van der Waals surface area (Å²) in [6.45, 7) is 14.3. The molecule has 3 aliphatic heterocycles. The minimum Gasteiger partial charge on any atom is -0.405 e. The number of unbranched alkanes of at least 4 members (excludes halogenated alkanes) is 6. The lowest BCUT2D eigenvalue weighted by Gasteiger charge is -2.60. The van der Waals surface area contributed by atoms with Gasteiger partial charge < -0.3 is 30.2 Å². The Kier molecular flexibility index (Phi) is 13.4. The van der Waals surface area contributed by atoms with Gasteiger partial charge in [-0.3, -0.25) is 4.79 Å². The lowest BCUT2D eigenvalue weighted by molar-refractivity contribution is -0.150. The summed E-state index contributed by atoms with van der Waals surface area (Å²) >= 11 is 0. The van der Waals surface area contributed by atoms with E-state index >= 15 is 0 Å². The van der Waals surface area contributed by atoms with E-state index < -0.39 is 6.04 Å². The lowest BCUT2D eigenvalue weighted by Crippen LogP contribution is -2.59. The van der Waals surface area contributed by atoms with Crippen molar-refractivity contribution in [3.05, 3.63) is 35.4 Å². The van der Waals surface area contributed by atoms with E-state index in [2.05, 4.69) is 61.0 Å². The molecule has 8 nitrogen and oxygen atoms in total. The summed E-state index contributed by atoms with van der Waals surface area (Å²) in [6, 6.07) is 8.02. The number of likely N-dealkylation sites (tertiary alicyclic amines) is 1. The number of rotatable bonds is 11. The Bertz CT molecular complexity index is 1030. The molecule has 3 amide bonds. The van der Waals surface area contributed by atoms with Crippen LogP contribution in [0.3, 0.4) is 0 Å². The highest BCUT2D eigenvalue weighted by Gasteiger charge is 2.61. The average molecular weight is 611 g/mol. The van der Waals surface area contributed by atoms with Crippen LogP contribution in [-0.4, -0.2) is 61.7 Å². The quantitative estimate of drug-likeness (QED) is 0.204. The number of hydrogen-bond acceptors (Lipinski definition) is 5. The van der Waals surface area contributed by atoms with Crippen molar-refractivity contribution in [2.24, 2.45) is 17.3 Å². The van der Waals surface area contributed by atoms with Gasteiger partial charge in [0.05, 0.1) is 18.7 Å². The molecule has 0 spiro atoms. The molecule has 6 aliphatic rings. The van der Waals surface area contributed by atoms with Crippen LogP contribution in [0.2, 0.25) is 0 Å². The zero-order valence-electron chi connectivity index (χ0n) is 28.2. The summed E-state index contributed by atoms with van der Waals surface area (Å²) in [4.78, 5) is 27.2. The van der Waals surface area contributed by atoms with Crippen molar-refractivity contribution >= 4 is 19.1 Å². The van der Waals surface area contributed by atoms with Gasteiger partial charge in [0.15, 0.2) is 0 Å². The number of carbonyl (C=O) groups excluding carboxylic acids is 2. The van der Waals surface area contributed by atoms with Gasteiger partial charge in [0.2, 0.25) is 5.91 Å². The fourth-order valence-electron chi connectivity index (χ4n) is 7.70. The highest BCUT2D eigenvalue weighted by molar-refractivity contribution is 6.45.